The summed E-state index contributed by atoms with van der Waals surface area (Å²) >= 11 is 0. The molecule has 214 valence electrons. The van der Waals surface area contributed by atoms with Crippen molar-refractivity contribution in [1.29, 1.82) is 0 Å². The molecule has 4 nitrogen and oxygen atoms in total. The Hall–Kier alpha value is -1.32. The molecule has 5 aliphatic carbocycles. The predicted molar refractivity (Wildman–Crippen MR) is 151 cm³/mol. The first-order chi connectivity index (χ1) is 17.6. The number of allylic oxidation sites excluding steroid dienone is 1. The van der Waals surface area contributed by atoms with E-state index in [1.807, 2.05) is 0 Å². The van der Waals surface area contributed by atoms with Gasteiger partial charge in [-0.05, 0) is 104 Å². The van der Waals surface area contributed by atoms with Crippen molar-refractivity contribution in [3.05, 3.63) is 11.1 Å². The van der Waals surface area contributed by atoms with Gasteiger partial charge in [-0.2, -0.15) is 0 Å². The maximum absolute atomic E-state index is 11.9. The van der Waals surface area contributed by atoms with Crippen molar-refractivity contribution in [2.75, 3.05) is 6.61 Å². The van der Waals surface area contributed by atoms with Crippen molar-refractivity contribution in [1.82, 2.24) is 0 Å². The summed E-state index contributed by atoms with van der Waals surface area (Å²) in [6, 6.07) is 0. The smallest absolute Gasteiger partial charge is 0.302 e. The number of ether oxygens (including phenoxy) is 2. The molecular weight excluding hydrogens is 472 g/mol. The fraction of sp³-hybridized carbons (Fsp3) is 0.882. The first kappa shape index (κ1) is 28.2. The van der Waals surface area contributed by atoms with E-state index in [-0.39, 0.29) is 45.1 Å². The van der Waals surface area contributed by atoms with Gasteiger partial charge < -0.3 is 9.47 Å². The summed E-state index contributed by atoms with van der Waals surface area (Å²) in [4.78, 5) is 23.8. The van der Waals surface area contributed by atoms with Gasteiger partial charge in [0.25, 0.3) is 0 Å². The van der Waals surface area contributed by atoms with E-state index in [2.05, 4.69) is 48.5 Å². The molecule has 0 spiro atoms. The number of carbonyl (C=O) groups is 2. The van der Waals surface area contributed by atoms with Crippen molar-refractivity contribution < 1.29 is 19.1 Å². The highest BCUT2D eigenvalue weighted by Crippen LogP contribution is 2.76. The summed E-state index contributed by atoms with van der Waals surface area (Å²) in [7, 11) is 0. The molecule has 4 saturated carbocycles. The van der Waals surface area contributed by atoms with Crippen LogP contribution < -0.4 is 0 Å². The van der Waals surface area contributed by atoms with Crippen LogP contribution in [0.3, 0.4) is 0 Å². The Morgan fingerprint density at radius 3 is 2.16 bits per heavy atom. The third kappa shape index (κ3) is 3.80. The van der Waals surface area contributed by atoms with Crippen LogP contribution in [0, 0.1) is 50.7 Å². The van der Waals surface area contributed by atoms with E-state index in [9.17, 15) is 9.59 Å². The Labute approximate surface area is 232 Å². The summed E-state index contributed by atoms with van der Waals surface area (Å²) in [5.74, 6) is 2.15. The molecule has 0 aromatic carbocycles. The number of hydrogen-bond donors (Lipinski definition) is 0. The molecule has 0 heterocycles. The fourth-order valence-corrected chi connectivity index (χ4v) is 11.6. The molecule has 38 heavy (non-hydrogen) atoms. The van der Waals surface area contributed by atoms with Crippen molar-refractivity contribution >= 4 is 11.9 Å². The fourth-order valence-electron chi connectivity index (χ4n) is 11.6. The maximum atomic E-state index is 11.9. The van der Waals surface area contributed by atoms with Crippen molar-refractivity contribution in [2.45, 2.75) is 133 Å². The minimum atomic E-state index is -0.140. The van der Waals surface area contributed by atoms with Crippen LogP contribution in [0.4, 0.5) is 0 Å². The molecule has 0 aromatic heterocycles. The van der Waals surface area contributed by atoms with Crippen LogP contribution in [0.2, 0.25) is 0 Å². The summed E-state index contributed by atoms with van der Waals surface area (Å²) in [5, 5.41) is 0. The quantitative estimate of drug-likeness (QED) is 0.273. The highest BCUT2D eigenvalue weighted by Gasteiger charge is 2.69. The topological polar surface area (TPSA) is 52.6 Å². The van der Waals surface area contributed by atoms with Gasteiger partial charge in [-0.15, -0.1) is 0 Å². The molecule has 5 rings (SSSR count). The van der Waals surface area contributed by atoms with E-state index >= 15 is 0 Å². The summed E-state index contributed by atoms with van der Waals surface area (Å²) in [6.07, 6.45) is 11.9. The monoisotopic (exact) mass is 526 g/mol. The highest BCUT2D eigenvalue weighted by molar-refractivity contribution is 5.66. The average Bonchev–Trinajstić information content (AvgIpc) is 3.20. The van der Waals surface area contributed by atoms with Crippen LogP contribution in [-0.4, -0.2) is 24.6 Å². The standard InChI is InChI=1S/C34H54O4/c1-21(2)24-12-17-34(20-37-22(3)35)19-18-32(8)25(29(24)34)10-11-27-31(7)15-14-28(38-23(4)36)30(5,6)26(31)13-16-33(27,32)9/h21,25-28H,10-20H2,1-9H3/t25-,26?,27-,28+,31+,32-,33-,34-/m1/s1. The van der Waals surface area contributed by atoms with Gasteiger partial charge in [0, 0.05) is 24.7 Å². The van der Waals surface area contributed by atoms with Crippen molar-refractivity contribution in [3.63, 3.8) is 0 Å². The van der Waals surface area contributed by atoms with Gasteiger partial charge in [0.15, 0.2) is 0 Å². The molecule has 5 aliphatic rings. The number of hydrogen-bond acceptors (Lipinski definition) is 4. The van der Waals surface area contributed by atoms with Crippen LogP contribution in [0.15, 0.2) is 11.1 Å². The summed E-state index contributed by atoms with van der Waals surface area (Å²) in [5.41, 5.74) is 4.29. The number of fused-ring (bicyclic) bond motifs is 7. The van der Waals surface area contributed by atoms with Crippen molar-refractivity contribution in [3.8, 4) is 0 Å². The second-order valence-electron chi connectivity index (χ2n) is 15.7. The maximum Gasteiger partial charge on any atom is 0.302 e. The lowest BCUT2D eigenvalue weighted by Gasteiger charge is -2.72. The Morgan fingerprint density at radius 2 is 1.53 bits per heavy atom. The second kappa shape index (κ2) is 9.10. The molecule has 0 aliphatic heterocycles. The molecular formula is C34H54O4. The van der Waals surface area contributed by atoms with Crippen LogP contribution in [0.25, 0.3) is 0 Å². The first-order valence-corrected chi connectivity index (χ1v) is 15.7. The van der Waals surface area contributed by atoms with Gasteiger partial charge in [-0.25, -0.2) is 0 Å². The Morgan fingerprint density at radius 1 is 0.816 bits per heavy atom. The van der Waals surface area contributed by atoms with Gasteiger partial charge >= 0.3 is 11.9 Å². The first-order valence-electron chi connectivity index (χ1n) is 15.7. The van der Waals surface area contributed by atoms with Gasteiger partial charge in [0.1, 0.15) is 12.7 Å². The van der Waals surface area contributed by atoms with E-state index in [4.69, 9.17) is 9.47 Å². The zero-order chi connectivity index (χ0) is 27.9. The van der Waals surface area contributed by atoms with Crippen LogP contribution in [0.5, 0.6) is 0 Å². The van der Waals surface area contributed by atoms with E-state index < -0.39 is 0 Å². The van der Waals surface area contributed by atoms with Gasteiger partial charge in [-0.1, -0.05) is 59.6 Å². The minimum Gasteiger partial charge on any atom is -0.465 e. The third-order valence-corrected chi connectivity index (χ3v) is 13.6. The molecule has 0 saturated heterocycles. The number of rotatable bonds is 4. The van der Waals surface area contributed by atoms with Crippen molar-refractivity contribution in [2.24, 2.45) is 50.7 Å². The molecule has 0 aromatic rings. The van der Waals surface area contributed by atoms with E-state index in [0.717, 1.165) is 25.7 Å². The molecule has 4 heteroatoms. The molecule has 0 N–H and O–H groups in total. The SMILES string of the molecule is CC(=O)OC[C@]12CCC(C(C)C)=C1[C@H]1CC[C@@H]3[C@@]4(C)CC[C@H](OC(C)=O)C(C)(C)C4CC[C@@]3(C)[C@]1(C)CC2. The lowest BCUT2D eigenvalue weighted by Crippen LogP contribution is -2.66. The predicted octanol–water partition coefficient (Wildman–Crippen LogP) is 8.28. The Kier molecular flexibility index (Phi) is 6.76. The van der Waals surface area contributed by atoms with E-state index in [0.29, 0.717) is 30.3 Å². The lowest BCUT2D eigenvalue weighted by molar-refractivity contribution is -0.233. The van der Waals surface area contributed by atoms with Gasteiger partial charge in [0.05, 0.1) is 0 Å². The lowest BCUT2D eigenvalue weighted by atomic mass is 9.33. The number of carbonyl (C=O) groups excluding carboxylic acids is 2. The largest absolute Gasteiger partial charge is 0.465 e. The highest BCUT2D eigenvalue weighted by atomic mass is 16.5. The molecule has 1 unspecified atom stereocenters. The Bertz CT molecular complexity index is 1020. The van der Waals surface area contributed by atoms with Gasteiger partial charge in [-0.3, -0.25) is 9.59 Å². The van der Waals surface area contributed by atoms with Crippen LogP contribution in [0.1, 0.15) is 127 Å². The Balaban J connectivity index is 1.52. The second-order valence-corrected chi connectivity index (χ2v) is 15.7. The summed E-state index contributed by atoms with van der Waals surface area (Å²) in [6.45, 7) is 21.1. The minimum absolute atomic E-state index is 0.00228. The third-order valence-electron chi connectivity index (χ3n) is 13.6. The van der Waals surface area contributed by atoms with E-state index in [1.165, 1.54) is 38.5 Å². The van der Waals surface area contributed by atoms with Gasteiger partial charge in [0.2, 0.25) is 0 Å². The number of esters is 2. The molecule has 0 radical (unpaired) electrons. The van der Waals surface area contributed by atoms with E-state index in [1.54, 1.807) is 25.0 Å². The zero-order valence-electron chi connectivity index (χ0n) is 25.8. The normalized spacial score (nSPS) is 45.5. The average molecular weight is 527 g/mol. The molecule has 0 amide bonds. The van der Waals surface area contributed by atoms with Crippen LogP contribution >= 0.6 is 0 Å². The molecule has 0 bridgehead atoms. The van der Waals surface area contributed by atoms with Crippen LogP contribution in [-0.2, 0) is 19.1 Å². The summed E-state index contributed by atoms with van der Waals surface area (Å²) < 4.78 is 11.7. The molecule has 4 fully saturated rings. The molecule has 8 atom stereocenters. The zero-order valence-corrected chi connectivity index (χ0v) is 25.8.